The van der Waals surface area contributed by atoms with Crippen molar-refractivity contribution in [2.24, 2.45) is 5.73 Å². The summed E-state index contributed by atoms with van der Waals surface area (Å²) in [7, 11) is 2.69. The highest BCUT2D eigenvalue weighted by molar-refractivity contribution is 5.96. The molecule has 0 aliphatic rings. The molecule has 1 aromatic rings. The molecule has 0 aliphatic heterocycles. The first-order valence-electron chi connectivity index (χ1n) is 3.72. The van der Waals surface area contributed by atoms with E-state index in [1.807, 2.05) is 0 Å². The summed E-state index contributed by atoms with van der Waals surface area (Å²) in [5.41, 5.74) is 4.93. The van der Waals surface area contributed by atoms with Crippen LogP contribution < -0.4 is 15.2 Å². The van der Waals surface area contributed by atoms with E-state index in [0.717, 1.165) is 0 Å². The Labute approximate surface area is 80.3 Å². The van der Waals surface area contributed by atoms with Crippen molar-refractivity contribution in [2.75, 3.05) is 14.2 Å². The first-order valence-corrected chi connectivity index (χ1v) is 3.72. The van der Waals surface area contributed by atoms with Crippen LogP contribution in [0.25, 0.3) is 0 Å². The number of hydrogen-bond donors (Lipinski definition) is 2. The molecule has 1 amide bonds. The van der Waals surface area contributed by atoms with Crippen LogP contribution in [0.5, 0.6) is 17.5 Å². The minimum atomic E-state index is -0.776. The molecule has 0 atom stereocenters. The zero-order valence-electron chi connectivity index (χ0n) is 7.77. The van der Waals surface area contributed by atoms with E-state index in [-0.39, 0.29) is 23.1 Å². The van der Waals surface area contributed by atoms with E-state index in [0.29, 0.717) is 0 Å². The number of aromatic nitrogens is 1. The fourth-order valence-corrected chi connectivity index (χ4v) is 0.927. The molecule has 14 heavy (non-hydrogen) atoms. The van der Waals surface area contributed by atoms with E-state index in [9.17, 15) is 9.90 Å². The Kier molecular flexibility index (Phi) is 2.76. The molecule has 0 bridgehead atoms. The standard InChI is InChI=1S/C8H10N2O4/c1-13-5-3-4(7(9)12)6(11)8(10-5)14-2/h3,11H,1-2H3,(H2,9,12). The molecule has 3 N–H and O–H groups in total. The molecule has 76 valence electrons. The average Bonchev–Trinajstić information content (AvgIpc) is 2.17. The van der Waals surface area contributed by atoms with Gasteiger partial charge in [0.05, 0.1) is 19.8 Å². The van der Waals surface area contributed by atoms with Crippen molar-refractivity contribution in [3.8, 4) is 17.5 Å². The number of methoxy groups -OCH3 is 2. The number of ether oxygens (including phenoxy) is 2. The molecule has 1 heterocycles. The fourth-order valence-electron chi connectivity index (χ4n) is 0.927. The largest absolute Gasteiger partial charge is 0.503 e. The molecule has 0 saturated heterocycles. The van der Waals surface area contributed by atoms with Gasteiger partial charge in [-0.05, 0) is 0 Å². The molecule has 0 spiro atoms. The van der Waals surface area contributed by atoms with Crippen LogP contribution in [0.2, 0.25) is 0 Å². The van der Waals surface area contributed by atoms with Crippen molar-refractivity contribution in [3.63, 3.8) is 0 Å². The van der Waals surface area contributed by atoms with Crippen molar-refractivity contribution >= 4 is 5.91 Å². The summed E-state index contributed by atoms with van der Waals surface area (Å²) in [6, 6.07) is 1.24. The third kappa shape index (κ3) is 1.68. The lowest BCUT2D eigenvalue weighted by atomic mass is 10.2. The third-order valence-electron chi connectivity index (χ3n) is 1.61. The van der Waals surface area contributed by atoms with Crippen molar-refractivity contribution in [3.05, 3.63) is 11.6 Å². The van der Waals surface area contributed by atoms with Gasteiger partial charge in [0, 0.05) is 6.07 Å². The van der Waals surface area contributed by atoms with Crippen LogP contribution in [0.3, 0.4) is 0 Å². The second-order valence-electron chi connectivity index (χ2n) is 2.43. The first kappa shape index (κ1) is 10.1. The van der Waals surface area contributed by atoms with Crippen LogP contribution >= 0.6 is 0 Å². The number of rotatable bonds is 3. The zero-order chi connectivity index (χ0) is 10.7. The summed E-state index contributed by atoms with van der Waals surface area (Å²) in [4.78, 5) is 14.6. The van der Waals surface area contributed by atoms with Gasteiger partial charge in [-0.1, -0.05) is 0 Å². The van der Waals surface area contributed by atoms with Crippen molar-refractivity contribution in [1.82, 2.24) is 4.98 Å². The zero-order valence-corrected chi connectivity index (χ0v) is 7.77. The Morgan fingerprint density at radius 1 is 1.50 bits per heavy atom. The monoisotopic (exact) mass is 198 g/mol. The SMILES string of the molecule is COc1cc(C(N)=O)c(O)c(OC)n1. The summed E-state index contributed by atoms with van der Waals surface area (Å²) in [6.07, 6.45) is 0. The smallest absolute Gasteiger partial charge is 0.260 e. The van der Waals surface area contributed by atoms with Gasteiger partial charge in [0.1, 0.15) is 0 Å². The molecule has 0 aliphatic carbocycles. The molecule has 1 aromatic heterocycles. The summed E-state index contributed by atoms with van der Waals surface area (Å²) < 4.78 is 9.52. The molecule has 6 heteroatoms. The van der Waals surface area contributed by atoms with Crippen molar-refractivity contribution in [1.29, 1.82) is 0 Å². The highest BCUT2D eigenvalue weighted by atomic mass is 16.5. The van der Waals surface area contributed by atoms with E-state index in [4.69, 9.17) is 15.2 Å². The predicted molar refractivity (Wildman–Crippen MR) is 47.5 cm³/mol. The summed E-state index contributed by atoms with van der Waals surface area (Å²) in [5.74, 6) is -1.12. The van der Waals surface area contributed by atoms with Gasteiger partial charge in [-0.2, -0.15) is 4.98 Å². The number of carbonyl (C=O) groups is 1. The van der Waals surface area contributed by atoms with E-state index < -0.39 is 5.91 Å². The third-order valence-corrected chi connectivity index (χ3v) is 1.61. The molecule has 6 nitrogen and oxygen atoms in total. The van der Waals surface area contributed by atoms with Gasteiger partial charge in [-0.25, -0.2) is 0 Å². The number of primary amides is 1. The van der Waals surface area contributed by atoms with Crippen LogP contribution in [0.4, 0.5) is 0 Å². The molecule has 0 saturated carbocycles. The normalized spacial score (nSPS) is 9.57. The van der Waals surface area contributed by atoms with E-state index in [1.54, 1.807) is 0 Å². The maximum atomic E-state index is 10.9. The van der Waals surface area contributed by atoms with Crippen LogP contribution in [0, 0.1) is 0 Å². The summed E-state index contributed by atoms with van der Waals surface area (Å²) in [5, 5.41) is 9.44. The van der Waals surface area contributed by atoms with E-state index in [1.165, 1.54) is 20.3 Å². The second kappa shape index (κ2) is 3.82. The molecule has 1 rings (SSSR count). The number of aromatic hydroxyl groups is 1. The number of pyridine rings is 1. The van der Waals surface area contributed by atoms with Crippen LogP contribution in [0.15, 0.2) is 6.07 Å². The predicted octanol–water partition coefficient (Wildman–Crippen LogP) is -0.0967. The molecule has 0 radical (unpaired) electrons. The minimum absolute atomic E-state index is 0.0892. The van der Waals surface area contributed by atoms with E-state index >= 15 is 0 Å². The lowest BCUT2D eigenvalue weighted by Gasteiger charge is -2.07. The lowest BCUT2D eigenvalue weighted by Crippen LogP contribution is -2.12. The minimum Gasteiger partial charge on any atom is -0.503 e. The van der Waals surface area contributed by atoms with Gasteiger partial charge in [0.2, 0.25) is 5.88 Å². The summed E-state index contributed by atoms with van der Waals surface area (Å²) >= 11 is 0. The van der Waals surface area contributed by atoms with Gasteiger partial charge in [-0.3, -0.25) is 4.79 Å². The van der Waals surface area contributed by atoms with Gasteiger partial charge in [0.25, 0.3) is 11.8 Å². The Balaban J connectivity index is 3.34. The molecular formula is C8H10N2O4. The Hall–Kier alpha value is -1.98. The number of nitrogens with zero attached hydrogens (tertiary/aromatic N) is 1. The topological polar surface area (TPSA) is 94.7 Å². The molecule has 0 unspecified atom stereocenters. The quantitative estimate of drug-likeness (QED) is 0.707. The second-order valence-corrected chi connectivity index (χ2v) is 2.43. The Morgan fingerprint density at radius 3 is 2.57 bits per heavy atom. The lowest BCUT2D eigenvalue weighted by molar-refractivity contribution is 0.0996. The van der Waals surface area contributed by atoms with Gasteiger partial charge in [0.15, 0.2) is 5.75 Å². The maximum Gasteiger partial charge on any atom is 0.260 e. The van der Waals surface area contributed by atoms with Gasteiger partial charge < -0.3 is 20.3 Å². The van der Waals surface area contributed by atoms with E-state index in [2.05, 4.69) is 4.98 Å². The number of carbonyl (C=O) groups excluding carboxylic acids is 1. The van der Waals surface area contributed by atoms with Crippen LogP contribution in [-0.4, -0.2) is 30.2 Å². The van der Waals surface area contributed by atoms with Gasteiger partial charge in [-0.15, -0.1) is 0 Å². The molecule has 0 aromatic carbocycles. The first-order chi connectivity index (χ1) is 6.60. The van der Waals surface area contributed by atoms with Crippen LogP contribution in [0.1, 0.15) is 10.4 Å². The van der Waals surface area contributed by atoms with Gasteiger partial charge >= 0.3 is 0 Å². The van der Waals surface area contributed by atoms with Crippen molar-refractivity contribution < 1.29 is 19.4 Å². The molecule has 0 fully saturated rings. The van der Waals surface area contributed by atoms with Crippen LogP contribution in [-0.2, 0) is 0 Å². The van der Waals surface area contributed by atoms with Crippen molar-refractivity contribution in [2.45, 2.75) is 0 Å². The maximum absolute atomic E-state index is 10.9. The molecular weight excluding hydrogens is 188 g/mol. The Morgan fingerprint density at radius 2 is 2.14 bits per heavy atom. The number of amides is 1. The highest BCUT2D eigenvalue weighted by Gasteiger charge is 2.16. The summed E-state index contributed by atoms with van der Waals surface area (Å²) in [6.45, 7) is 0. The Bertz CT molecular complexity index is 365. The number of nitrogens with two attached hydrogens (primary N) is 1. The fraction of sp³-hybridized carbons (Fsp3) is 0.250. The average molecular weight is 198 g/mol. The number of hydrogen-bond acceptors (Lipinski definition) is 5. The highest BCUT2D eigenvalue weighted by Crippen LogP contribution is 2.30.